The van der Waals surface area contributed by atoms with Gasteiger partial charge in [-0.25, -0.2) is 0 Å². The molecule has 2 N–H and O–H groups in total. The largest absolute Gasteiger partial charge is 0.492 e. The first-order chi connectivity index (χ1) is 15.7. The maximum Gasteiger partial charge on any atom is 0.119 e. The molecule has 1 unspecified atom stereocenters. The minimum absolute atomic E-state index is 0.661. The third-order valence-electron chi connectivity index (χ3n) is 6.11. The molecular weight excluding hydrogens is 527 g/mol. The molecule has 2 heterocycles. The Morgan fingerprint density at radius 3 is 2.53 bits per heavy atom. The van der Waals surface area contributed by atoms with Gasteiger partial charge in [0.05, 0.1) is 4.05 Å². The van der Waals surface area contributed by atoms with Crippen molar-refractivity contribution >= 4 is 49.7 Å². The third-order valence-corrected chi connectivity index (χ3v) is 8.78. The molecular formula is C27H27IN2OS. The predicted molar refractivity (Wildman–Crippen MR) is 145 cm³/mol. The molecule has 0 radical (unpaired) electrons. The summed E-state index contributed by atoms with van der Waals surface area (Å²) in [5.74, 6) is 0.951. The number of nitrogens with two attached hydrogens (primary N) is 1. The smallest absolute Gasteiger partial charge is 0.119 e. The maximum absolute atomic E-state index is 6.03. The summed E-state index contributed by atoms with van der Waals surface area (Å²) in [6.07, 6.45) is 3.50. The van der Waals surface area contributed by atoms with Crippen molar-refractivity contribution in [3.05, 3.63) is 83.9 Å². The zero-order valence-corrected chi connectivity index (χ0v) is 20.9. The minimum Gasteiger partial charge on any atom is -0.492 e. The monoisotopic (exact) mass is 554 g/mol. The quantitative estimate of drug-likeness (QED) is 0.116. The molecule has 1 atom stereocenters. The second kappa shape index (κ2) is 9.81. The lowest BCUT2D eigenvalue weighted by molar-refractivity contribution is 0.232. The van der Waals surface area contributed by atoms with Gasteiger partial charge < -0.3 is 10.5 Å². The van der Waals surface area contributed by atoms with Crippen LogP contribution in [0.5, 0.6) is 5.75 Å². The van der Waals surface area contributed by atoms with Crippen molar-refractivity contribution in [2.45, 2.75) is 23.3 Å². The number of nitrogens with zero attached hydrogens (tertiary/aromatic N) is 1. The topological polar surface area (TPSA) is 38.5 Å². The zero-order chi connectivity index (χ0) is 21.9. The van der Waals surface area contributed by atoms with Crippen LogP contribution < -0.4 is 10.5 Å². The fourth-order valence-corrected chi connectivity index (χ4v) is 6.59. The number of rotatable bonds is 7. The third kappa shape index (κ3) is 4.80. The van der Waals surface area contributed by atoms with Crippen LogP contribution in [0.4, 0.5) is 5.69 Å². The normalized spacial score (nSPS) is 16.6. The Morgan fingerprint density at radius 2 is 1.78 bits per heavy atom. The van der Waals surface area contributed by atoms with Gasteiger partial charge >= 0.3 is 0 Å². The lowest BCUT2D eigenvalue weighted by Crippen LogP contribution is -2.29. The molecule has 0 amide bonds. The van der Waals surface area contributed by atoms with Crippen LogP contribution in [0.3, 0.4) is 0 Å². The summed E-state index contributed by atoms with van der Waals surface area (Å²) in [6.45, 7) is 2.94. The van der Waals surface area contributed by atoms with Crippen molar-refractivity contribution in [3.8, 4) is 16.2 Å². The summed E-state index contributed by atoms with van der Waals surface area (Å²) < 4.78 is 8.01. The number of alkyl halides is 1. The molecule has 1 aliphatic heterocycles. The number of halogens is 1. The van der Waals surface area contributed by atoms with Crippen LogP contribution in [-0.4, -0.2) is 28.6 Å². The minimum atomic E-state index is 0.661. The first-order valence-electron chi connectivity index (χ1n) is 11.1. The average molecular weight is 554 g/mol. The van der Waals surface area contributed by atoms with Crippen molar-refractivity contribution in [1.82, 2.24) is 4.90 Å². The number of hydrogen-bond donors (Lipinski definition) is 1. The van der Waals surface area contributed by atoms with E-state index in [-0.39, 0.29) is 0 Å². The van der Waals surface area contributed by atoms with E-state index in [1.54, 1.807) is 0 Å². The number of thiophene rings is 1. The molecule has 32 heavy (non-hydrogen) atoms. The number of ether oxygens (including phenoxy) is 1. The molecule has 5 rings (SSSR count). The molecule has 0 aliphatic carbocycles. The Bertz CT molecular complexity index is 1190. The SMILES string of the molecule is Nc1ccc(-c2sc3ccccc3c2Cc2ccc(OCCN3CCCC3I)cc2)cc1. The van der Waals surface area contributed by atoms with Gasteiger partial charge in [0.15, 0.2) is 0 Å². The second-order valence-corrected chi connectivity index (χ2v) is 10.8. The highest BCUT2D eigenvalue weighted by molar-refractivity contribution is 14.1. The summed E-state index contributed by atoms with van der Waals surface area (Å²) >= 11 is 4.40. The van der Waals surface area contributed by atoms with Crippen LogP contribution in [0.2, 0.25) is 0 Å². The maximum atomic E-state index is 6.03. The lowest BCUT2D eigenvalue weighted by Gasteiger charge is -2.19. The first-order valence-corrected chi connectivity index (χ1v) is 13.2. The molecule has 1 aliphatic rings. The Hall–Kier alpha value is -2.09. The number of benzene rings is 3. The van der Waals surface area contributed by atoms with Gasteiger partial charge in [0, 0.05) is 21.8 Å². The second-order valence-electron chi connectivity index (χ2n) is 8.31. The van der Waals surface area contributed by atoms with Crippen molar-refractivity contribution in [1.29, 1.82) is 0 Å². The van der Waals surface area contributed by atoms with E-state index in [9.17, 15) is 0 Å². The molecule has 0 saturated carbocycles. The van der Waals surface area contributed by atoms with Crippen molar-refractivity contribution in [2.75, 3.05) is 25.4 Å². The van der Waals surface area contributed by atoms with Gasteiger partial charge in [-0.2, -0.15) is 0 Å². The average Bonchev–Trinajstić information content (AvgIpc) is 3.39. The van der Waals surface area contributed by atoms with Gasteiger partial charge in [-0.3, -0.25) is 4.90 Å². The Morgan fingerprint density at radius 1 is 1.00 bits per heavy atom. The highest BCUT2D eigenvalue weighted by atomic mass is 127. The Labute approximate surface area is 207 Å². The van der Waals surface area contributed by atoms with Gasteiger partial charge in [-0.05, 0) is 78.2 Å². The van der Waals surface area contributed by atoms with E-state index in [0.717, 1.165) is 31.0 Å². The fraction of sp³-hybridized carbons (Fsp3) is 0.259. The molecule has 164 valence electrons. The molecule has 0 bridgehead atoms. The van der Waals surface area contributed by atoms with Gasteiger partial charge in [-0.15, -0.1) is 11.3 Å². The van der Waals surface area contributed by atoms with Gasteiger partial charge in [0.25, 0.3) is 0 Å². The molecule has 1 aromatic heterocycles. The van der Waals surface area contributed by atoms with Crippen LogP contribution >= 0.6 is 33.9 Å². The fourth-order valence-electron chi connectivity index (χ4n) is 4.37. The zero-order valence-electron chi connectivity index (χ0n) is 18.0. The van der Waals surface area contributed by atoms with E-state index in [1.807, 2.05) is 23.5 Å². The van der Waals surface area contributed by atoms with Crippen molar-refractivity contribution in [3.63, 3.8) is 0 Å². The van der Waals surface area contributed by atoms with Crippen LogP contribution in [0, 0.1) is 0 Å². The van der Waals surface area contributed by atoms with Gasteiger partial charge in [0.2, 0.25) is 0 Å². The summed E-state index contributed by atoms with van der Waals surface area (Å²) in [7, 11) is 0. The van der Waals surface area contributed by atoms with E-state index in [0.29, 0.717) is 4.05 Å². The molecule has 0 spiro atoms. The number of anilines is 1. The van der Waals surface area contributed by atoms with E-state index in [4.69, 9.17) is 10.5 Å². The number of likely N-dealkylation sites (tertiary alicyclic amines) is 1. The standard InChI is InChI=1S/C27H27IN2OS/c28-26-6-3-15-30(26)16-17-31-22-13-7-19(8-14-22)18-24-23-4-1-2-5-25(23)32-27(24)20-9-11-21(29)12-10-20/h1-2,4-5,7-14,26H,3,6,15-18,29H2. The predicted octanol–water partition coefficient (Wildman–Crippen LogP) is 6.98. The Balaban J connectivity index is 1.33. The van der Waals surface area contributed by atoms with E-state index < -0.39 is 0 Å². The summed E-state index contributed by atoms with van der Waals surface area (Å²) in [6, 6.07) is 25.5. The molecule has 4 aromatic rings. The highest BCUT2D eigenvalue weighted by Crippen LogP contribution is 2.40. The highest BCUT2D eigenvalue weighted by Gasteiger charge is 2.21. The van der Waals surface area contributed by atoms with E-state index >= 15 is 0 Å². The summed E-state index contributed by atoms with van der Waals surface area (Å²) in [5.41, 5.74) is 10.6. The van der Waals surface area contributed by atoms with Crippen LogP contribution in [-0.2, 0) is 6.42 Å². The molecule has 3 aromatic carbocycles. The summed E-state index contributed by atoms with van der Waals surface area (Å²) in [4.78, 5) is 3.83. The van der Waals surface area contributed by atoms with Crippen molar-refractivity contribution in [2.24, 2.45) is 0 Å². The van der Waals surface area contributed by atoms with Crippen LogP contribution in [0.15, 0.2) is 72.8 Å². The van der Waals surface area contributed by atoms with Gasteiger partial charge in [0.1, 0.15) is 12.4 Å². The van der Waals surface area contributed by atoms with E-state index in [1.165, 1.54) is 51.0 Å². The molecule has 5 heteroatoms. The molecule has 1 saturated heterocycles. The number of nitrogen functional groups attached to an aromatic ring is 1. The van der Waals surface area contributed by atoms with E-state index in [2.05, 4.69) is 88.2 Å². The first kappa shape index (κ1) is 21.7. The number of fused-ring (bicyclic) bond motifs is 1. The van der Waals surface area contributed by atoms with Crippen molar-refractivity contribution < 1.29 is 4.74 Å². The number of hydrogen-bond acceptors (Lipinski definition) is 4. The van der Waals surface area contributed by atoms with Crippen LogP contribution in [0.25, 0.3) is 20.5 Å². The Kier molecular flexibility index (Phi) is 6.67. The molecule has 3 nitrogen and oxygen atoms in total. The van der Waals surface area contributed by atoms with Gasteiger partial charge in [-0.1, -0.05) is 65.1 Å². The lowest BCUT2D eigenvalue weighted by atomic mass is 9.99. The summed E-state index contributed by atoms with van der Waals surface area (Å²) in [5, 5.41) is 1.34. The van der Waals surface area contributed by atoms with Crippen LogP contribution in [0.1, 0.15) is 24.0 Å². The molecule has 1 fully saturated rings.